The maximum atomic E-state index is 8.67. The van der Waals surface area contributed by atoms with E-state index < -0.39 is 0 Å². The molecule has 3 N–H and O–H groups in total. The van der Waals surface area contributed by atoms with Gasteiger partial charge in [-0.15, -0.1) is 0 Å². The van der Waals surface area contributed by atoms with Gasteiger partial charge in [0.05, 0.1) is 0 Å². The number of nitrogens with zero attached hydrogens (tertiary/aromatic N) is 3. The van der Waals surface area contributed by atoms with Crippen LogP contribution in [0.5, 0.6) is 0 Å². The summed E-state index contributed by atoms with van der Waals surface area (Å²) in [4.78, 5) is 10.3. The van der Waals surface area contributed by atoms with Crippen LogP contribution in [-0.2, 0) is 0 Å². The van der Waals surface area contributed by atoms with E-state index in [1.165, 1.54) is 0 Å². The Morgan fingerprint density at radius 1 is 1.31 bits per heavy atom. The van der Waals surface area contributed by atoms with Gasteiger partial charge in [-0.2, -0.15) is 4.98 Å². The lowest BCUT2D eigenvalue weighted by molar-refractivity contribution is 0.283. The number of rotatable bonds is 6. The Hall–Kier alpha value is -1.36. The first kappa shape index (κ1) is 12.7. The van der Waals surface area contributed by atoms with Crippen LogP contribution >= 0.6 is 0 Å². The molecule has 1 aromatic rings. The number of unbranched alkanes of at least 4 members (excludes halogenated alkanes) is 2. The minimum atomic E-state index is 0.267. The monoisotopic (exact) mass is 224 g/mol. The average molecular weight is 224 g/mol. The third kappa shape index (κ3) is 4.02. The van der Waals surface area contributed by atoms with E-state index in [-0.39, 0.29) is 6.61 Å². The third-order valence-electron chi connectivity index (χ3n) is 2.40. The van der Waals surface area contributed by atoms with Crippen molar-refractivity contribution in [3.05, 3.63) is 11.8 Å². The summed E-state index contributed by atoms with van der Waals surface area (Å²) in [6, 6.07) is 1.92. The standard InChI is InChI=1S/C11H20N4O/c1-9-8-10(14-11(12)13-9)15(2)6-4-3-5-7-16/h8,16H,3-7H2,1-2H3,(H2,12,13,14). The van der Waals surface area contributed by atoms with E-state index >= 15 is 0 Å². The molecule has 0 atom stereocenters. The van der Waals surface area contributed by atoms with Crippen LogP contribution in [0.15, 0.2) is 6.07 Å². The predicted octanol–water partition coefficient (Wildman–Crippen LogP) is 0.966. The van der Waals surface area contributed by atoms with E-state index in [9.17, 15) is 0 Å². The number of aryl methyl sites for hydroxylation is 1. The minimum Gasteiger partial charge on any atom is -0.396 e. The van der Waals surface area contributed by atoms with Gasteiger partial charge in [0.15, 0.2) is 0 Å². The fourth-order valence-electron chi connectivity index (χ4n) is 1.52. The molecule has 1 aromatic heterocycles. The van der Waals surface area contributed by atoms with Crippen molar-refractivity contribution in [1.29, 1.82) is 0 Å². The van der Waals surface area contributed by atoms with Crippen molar-refractivity contribution in [2.75, 3.05) is 30.8 Å². The number of anilines is 2. The lowest BCUT2D eigenvalue weighted by Crippen LogP contribution is -2.20. The molecule has 5 heteroatoms. The second-order valence-corrected chi connectivity index (χ2v) is 3.93. The summed E-state index contributed by atoms with van der Waals surface area (Å²) >= 11 is 0. The quantitative estimate of drug-likeness (QED) is 0.704. The molecule has 1 rings (SSSR count). The molecule has 0 saturated carbocycles. The summed E-state index contributed by atoms with van der Waals surface area (Å²) in [5.74, 6) is 1.17. The first-order valence-electron chi connectivity index (χ1n) is 5.56. The number of hydrogen-bond donors (Lipinski definition) is 2. The van der Waals surface area contributed by atoms with Crippen LogP contribution in [0.25, 0.3) is 0 Å². The first-order valence-corrected chi connectivity index (χ1v) is 5.56. The van der Waals surface area contributed by atoms with E-state index in [4.69, 9.17) is 10.8 Å². The zero-order chi connectivity index (χ0) is 12.0. The Kier molecular flexibility index (Phi) is 4.98. The fraction of sp³-hybridized carbons (Fsp3) is 0.636. The van der Waals surface area contributed by atoms with Crippen LogP contribution in [0.3, 0.4) is 0 Å². The summed E-state index contributed by atoms with van der Waals surface area (Å²) in [5, 5.41) is 8.67. The number of nitrogen functional groups attached to an aromatic ring is 1. The zero-order valence-corrected chi connectivity index (χ0v) is 9.98. The molecule has 16 heavy (non-hydrogen) atoms. The Morgan fingerprint density at radius 3 is 2.69 bits per heavy atom. The van der Waals surface area contributed by atoms with Crippen molar-refractivity contribution in [2.45, 2.75) is 26.2 Å². The van der Waals surface area contributed by atoms with E-state index in [1.807, 2.05) is 20.0 Å². The number of aliphatic hydroxyl groups is 1. The molecule has 0 saturated heterocycles. The SMILES string of the molecule is Cc1cc(N(C)CCCCCO)nc(N)n1. The van der Waals surface area contributed by atoms with E-state index in [1.54, 1.807) is 0 Å². The molecule has 0 fully saturated rings. The molecular formula is C11H20N4O. The molecule has 0 aromatic carbocycles. The Balaban J connectivity index is 2.48. The highest BCUT2D eigenvalue weighted by atomic mass is 16.2. The minimum absolute atomic E-state index is 0.267. The van der Waals surface area contributed by atoms with Crippen molar-refractivity contribution in [3.63, 3.8) is 0 Å². The molecule has 5 nitrogen and oxygen atoms in total. The normalized spacial score (nSPS) is 10.4. The maximum absolute atomic E-state index is 8.67. The zero-order valence-electron chi connectivity index (χ0n) is 9.98. The van der Waals surface area contributed by atoms with Crippen molar-refractivity contribution in [2.24, 2.45) is 0 Å². The van der Waals surface area contributed by atoms with Crippen molar-refractivity contribution in [3.8, 4) is 0 Å². The predicted molar refractivity (Wildman–Crippen MR) is 65.4 cm³/mol. The highest BCUT2D eigenvalue weighted by Crippen LogP contribution is 2.12. The van der Waals surface area contributed by atoms with Crippen LogP contribution in [0.4, 0.5) is 11.8 Å². The largest absolute Gasteiger partial charge is 0.396 e. The molecule has 0 aliphatic carbocycles. The maximum Gasteiger partial charge on any atom is 0.222 e. The molecule has 0 aliphatic heterocycles. The molecule has 1 heterocycles. The first-order chi connectivity index (χ1) is 7.63. The Morgan fingerprint density at radius 2 is 2.06 bits per heavy atom. The second-order valence-electron chi connectivity index (χ2n) is 3.93. The number of aliphatic hydroxyl groups excluding tert-OH is 1. The van der Waals surface area contributed by atoms with Crippen molar-refractivity contribution in [1.82, 2.24) is 9.97 Å². The highest BCUT2D eigenvalue weighted by molar-refractivity contribution is 5.42. The summed E-state index contributed by atoms with van der Waals surface area (Å²) in [6.45, 7) is 3.08. The van der Waals surface area contributed by atoms with Crippen LogP contribution in [0, 0.1) is 6.92 Å². The van der Waals surface area contributed by atoms with Gasteiger partial charge in [0.25, 0.3) is 0 Å². The summed E-state index contributed by atoms with van der Waals surface area (Å²) < 4.78 is 0. The Bertz CT molecular complexity index is 310. The molecule has 0 unspecified atom stereocenters. The highest BCUT2D eigenvalue weighted by Gasteiger charge is 2.04. The lowest BCUT2D eigenvalue weighted by atomic mass is 10.2. The van der Waals surface area contributed by atoms with Crippen LogP contribution < -0.4 is 10.6 Å². The Labute approximate surface area is 96.3 Å². The third-order valence-corrected chi connectivity index (χ3v) is 2.40. The molecule has 90 valence electrons. The molecule has 0 amide bonds. The summed E-state index contributed by atoms with van der Waals surface area (Å²) in [7, 11) is 1.99. The van der Waals surface area contributed by atoms with Crippen LogP contribution in [0.1, 0.15) is 25.0 Å². The smallest absolute Gasteiger partial charge is 0.222 e. The lowest BCUT2D eigenvalue weighted by Gasteiger charge is -2.18. The summed E-state index contributed by atoms with van der Waals surface area (Å²) in [6.07, 6.45) is 2.93. The van der Waals surface area contributed by atoms with Crippen molar-refractivity contribution < 1.29 is 5.11 Å². The number of hydrogen-bond acceptors (Lipinski definition) is 5. The molecular weight excluding hydrogens is 204 g/mol. The van der Waals surface area contributed by atoms with Crippen LogP contribution in [0.2, 0.25) is 0 Å². The topological polar surface area (TPSA) is 75.3 Å². The van der Waals surface area contributed by atoms with Gasteiger partial charge in [0.2, 0.25) is 5.95 Å². The number of aromatic nitrogens is 2. The fourth-order valence-corrected chi connectivity index (χ4v) is 1.52. The van der Waals surface area contributed by atoms with E-state index in [0.717, 1.165) is 37.3 Å². The molecule has 0 bridgehead atoms. The molecule has 0 aliphatic rings. The molecule has 0 spiro atoms. The van der Waals surface area contributed by atoms with Gasteiger partial charge in [-0.1, -0.05) is 0 Å². The van der Waals surface area contributed by atoms with E-state index in [2.05, 4.69) is 14.9 Å². The van der Waals surface area contributed by atoms with Gasteiger partial charge in [-0.25, -0.2) is 4.98 Å². The van der Waals surface area contributed by atoms with Gasteiger partial charge in [0, 0.05) is 32.0 Å². The van der Waals surface area contributed by atoms with Gasteiger partial charge in [-0.3, -0.25) is 0 Å². The van der Waals surface area contributed by atoms with Gasteiger partial charge >= 0.3 is 0 Å². The van der Waals surface area contributed by atoms with Crippen LogP contribution in [-0.4, -0.2) is 35.3 Å². The van der Waals surface area contributed by atoms with E-state index in [0.29, 0.717) is 5.95 Å². The average Bonchev–Trinajstić information content (AvgIpc) is 2.22. The summed E-state index contributed by atoms with van der Waals surface area (Å²) in [5.41, 5.74) is 6.47. The number of nitrogens with two attached hydrogens (primary N) is 1. The van der Waals surface area contributed by atoms with Gasteiger partial charge < -0.3 is 15.7 Å². The van der Waals surface area contributed by atoms with Crippen molar-refractivity contribution >= 4 is 11.8 Å². The second kappa shape index (κ2) is 6.27. The molecule has 0 radical (unpaired) electrons. The van der Waals surface area contributed by atoms with Gasteiger partial charge in [0.1, 0.15) is 5.82 Å². The van der Waals surface area contributed by atoms with Gasteiger partial charge in [-0.05, 0) is 26.2 Å².